The summed E-state index contributed by atoms with van der Waals surface area (Å²) >= 11 is 0. The largest absolute Gasteiger partial charge is 0.379 e. The molecule has 0 spiro atoms. The maximum absolute atomic E-state index is 13.6. The molecule has 2 aromatic carbocycles. The monoisotopic (exact) mass is 403 g/mol. The van der Waals surface area contributed by atoms with E-state index in [1.165, 1.54) is 0 Å². The molecule has 8 heteroatoms. The fourth-order valence-corrected chi connectivity index (χ4v) is 2.99. The van der Waals surface area contributed by atoms with Crippen LogP contribution in [-0.4, -0.2) is 49.6 Å². The second-order valence-corrected chi connectivity index (χ2v) is 6.76. The van der Waals surface area contributed by atoms with E-state index in [4.69, 9.17) is 4.74 Å². The van der Waals surface area contributed by atoms with Crippen LogP contribution in [0, 0.1) is 11.6 Å². The van der Waals surface area contributed by atoms with E-state index < -0.39 is 17.5 Å². The Bertz CT molecular complexity index is 853. The third-order valence-corrected chi connectivity index (χ3v) is 4.56. The second kappa shape index (κ2) is 10.1. The number of benzene rings is 2. The van der Waals surface area contributed by atoms with Crippen LogP contribution in [-0.2, 0) is 16.1 Å². The average molecular weight is 403 g/mol. The Balaban J connectivity index is 1.41. The Morgan fingerprint density at radius 1 is 1.03 bits per heavy atom. The van der Waals surface area contributed by atoms with Crippen molar-refractivity contribution in [2.45, 2.75) is 13.0 Å². The lowest BCUT2D eigenvalue weighted by atomic mass is 10.2. The molecule has 6 nitrogen and oxygen atoms in total. The summed E-state index contributed by atoms with van der Waals surface area (Å²) in [5.74, 6) is -2.66. The molecule has 1 fully saturated rings. The Morgan fingerprint density at radius 3 is 2.45 bits per heavy atom. The molecule has 1 aliphatic rings. The van der Waals surface area contributed by atoms with E-state index >= 15 is 0 Å². The summed E-state index contributed by atoms with van der Waals surface area (Å²) in [5.41, 5.74) is 1.55. The van der Waals surface area contributed by atoms with Crippen molar-refractivity contribution in [3.63, 3.8) is 0 Å². The normalized spacial score (nSPS) is 14.4. The predicted octanol–water partition coefficient (Wildman–Crippen LogP) is 2.56. The smallest absolute Gasteiger partial charge is 0.254 e. The van der Waals surface area contributed by atoms with E-state index in [0.29, 0.717) is 11.8 Å². The van der Waals surface area contributed by atoms with E-state index in [9.17, 15) is 18.4 Å². The first-order valence-corrected chi connectivity index (χ1v) is 9.43. The molecule has 1 saturated heterocycles. The van der Waals surface area contributed by atoms with Gasteiger partial charge in [-0.15, -0.1) is 0 Å². The van der Waals surface area contributed by atoms with Gasteiger partial charge in [0.1, 0.15) is 11.6 Å². The van der Waals surface area contributed by atoms with Crippen LogP contribution in [0.2, 0.25) is 0 Å². The molecule has 2 amide bonds. The zero-order valence-electron chi connectivity index (χ0n) is 15.9. The number of hydrogen-bond donors (Lipinski definition) is 2. The molecule has 0 aliphatic carbocycles. The summed E-state index contributed by atoms with van der Waals surface area (Å²) in [5, 5.41) is 5.21. The summed E-state index contributed by atoms with van der Waals surface area (Å²) in [6, 6.07) is 10.3. The van der Waals surface area contributed by atoms with E-state index in [1.54, 1.807) is 0 Å². The van der Waals surface area contributed by atoms with E-state index in [-0.39, 0.29) is 24.4 Å². The number of ether oxygens (including phenoxy) is 1. The Kier molecular flexibility index (Phi) is 7.26. The second-order valence-electron chi connectivity index (χ2n) is 6.76. The third-order valence-electron chi connectivity index (χ3n) is 4.56. The van der Waals surface area contributed by atoms with Gasteiger partial charge in [-0.2, -0.15) is 0 Å². The average Bonchev–Trinajstić information content (AvgIpc) is 2.70. The van der Waals surface area contributed by atoms with Crippen molar-refractivity contribution in [3.05, 3.63) is 65.2 Å². The highest BCUT2D eigenvalue weighted by molar-refractivity contribution is 5.95. The van der Waals surface area contributed by atoms with Crippen LogP contribution in [0.15, 0.2) is 42.5 Å². The van der Waals surface area contributed by atoms with Crippen LogP contribution in [0.3, 0.4) is 0 Å². The Morgan fingerprint density at radius 2 is 1.76 bits per heavy atom. The number of carbonyl (C=O) groups excluding carboxylic acids is 2. The molecule has 0 radical (unpaired) electrons. The number of anilines is 1. The highest BCUT2D eigenvalue weighted by atomic mass is 19.1. The summed E-state index contributed by atoms with van der Waals surface area (Å²) in [4.78, 5) is 26.2. The van der Waals surface area contributed by atoms with Crippen molar-refractivity contribution in [3.8, 4) is 0 Å². The highest BCUT2D eigenvalue weighted by Gasteiger charge is 2.13. The molecule has 1 heterocycles. The molecule has 154 valence electrons. The number of carbonyl (C=O) groups is 2. The zero-order chi connectivity index (χ0) is 20.6. The summed E-state index contributed by atoms with van der Waals surface area (Å²) in [7, 11) is 0. The lowest BCUT2D eigenvalue weighted by Gasteiger charge is -2.26. The Labute approximate surface area is 167 Å². The van der Waals surface area contributed by atoms with Crippen molar-refractivity contribution < 1.29 is 23.1 Å². The van der Waals surface area contributed by atoms with E-state index in [1.807, 2.05) is 24.3 Å². The minimum Gasteiger partial charge on any atom is -0.379 e. The first-order chi connectivity index (χ1) is 14.0. The number of morpholine rings is 1. The molecule has 0 bridgehead atoms. The van der Waals surface area contributed by atoms with Crippen molar-refractivity contribution in [2.24, 2.45) is 0 Å². The number of nitrogens with one attached hydrogen (secondary N) is 2. The van der Waals surface area contributed by atoms with Gasteiger partial charge in [-0.1, -0.05) is 12.1 Å². The predicted molar refractivity (Wildman–Crippen MR) is 104 cm³/mol. The summed E-state index contributed by atoms with van der Waals surface area (Å²) in [6.07, 6.45) is 0.0318. The molecule has 29 heavy (non-hydrogen) atoms. The van der Waals surface area contributed by atoms with Gasteiger partial charge < -0.3 is 15.4 Å². The molecule has 3 rings (SSSR count). The van der Waals surface area contributed by atoms with Gasteiger partial charge >= 0.3 is 0 Å². The number of hydrogen-bond acceptors (Lipinski definition) is 4. The van der Waals surface area contributed by atoms with Crippen LogP contribution in [0.1, 0.15) is 22.3 Å². The van der Waals surface area contributed by atoms with Gasteiger partial charge in [-0.3, -0.25) is 14.5 Å². The minimum absolute atomic E-state index is 0.0318. The fourth-order valence-electron chi connectivity index (χ4n) is 2.99. The standard InChI is InChI=1S/C21H23F2N3O3/c22-16-3-6-18(19(23)13-16)21(28)24-8-7-20(27)25-17-4-1-15(2-5-17)14-26-9-11-29-12-10-26/h1-6,13H,7-12,14H2,(H,24,28)(H,25,27). The minimum atomic E-state index is -0.941. The van der Waals surface area contributed by atoms with Gasteiger partial charge in [0.25, 0.3) is 5.91 Å². The number of amides is 2. The van der Waals surface area contributed by atoms with E-state index in [2.05, 4.69) is 15.5 Å². The van der Waals surface area contributed by atoms with Gasteiger partial charge in [0, 0.05) is 44.4 Å². The van der Waals surface area contributed by atoms with Gasteiger partial charge in [-0.05, 0) is 29.8 Å². The van der Waals surface area contributed by atoms with Crippen LogP contribution in [0.4, 0.5) is 14.5 Å². The van der Waals surface area contributed by atoms with Gasteiger partial charge in [0.05, 0.1) is 18.8 Å². The van der Waals surface area contributed by atoms with Crippen molar-refractivity contribution in [1.29, 1.82) is 0 Å². The van der Waals surface area contributed by atoms with Crippen LogP contribution in [0.5, 0.6) is 0 Å². The molecule has 0 saturated carbocycles. The molecule has 0 atom stereocenters. The molecule has 2 aromatic rings. The number of halogens is 2. The van der Waals surface area contributed by atoms with Crippen LogP contribution >= 0.6 is 0 Å². The van der Waals surface area contributed by atoms with Gasteiger partial charge in [0.2, 0.25) is 5.91 Å². The lowest BCUT2D eigenvalue weighted by Crippen LogP contribution is -2.35. The van der Waals surface area contributed by atoms with Gasteiger partial charge in [-0.25, -0.2) is 8.78 Å². The van der Waals surface area contributed by atoms with Crippen molar-refractivity contribution in [2.75, 3.05) is 38.2 Å². The molecular weight excluding hydrogens is 380 g/mol. The fraction of sp³-hybridized carbons (Fsp3) is 0.333. The zero-order valence-corrected chi connectivity index (χ0v) is 15.9. The number of rotatable bonds is 7. The summed E-state index contributed by atoms with van der Waals surface area (Å²) in [6.45, 7) is 4.19. The van der Waals surface area contributed by atoms with Gasteiger partial charge in [0.15, 0.2) is 0 Å². The van der Waals surface area contributed by atoms with E-state index in [0.717, 1.165) is 50.5 Å². The molecule has 2 N–H and O–H groups in total. The number of nitrogens with zero attached hydrogens (tertiary/aromatic N) is 1. The SMILES string of the molecule is O=C(CCNC(=O)c1ccc(F)cc1F)Nc1ccc(CN2CCOCC2)cc1. The third kappa shape index (κ3) is 6.33. The van der Waals surface area contributed by atoms with Crippen LogP contribution in [0.25, 0.3) is 0 Å². The van der Waals surface area contributed by atoms with Crippen molar-refractivity contribution >= 4 is 17.5 Å². The molecular formula is C21H23F2N3O3. The molecule has 0 unspecified atom stereocenters. The quantitative estimate of drug-likeness (QED) is 0.746. The molecule has 0 aromatic heterocycles. The molecule has 1 aliphatic heterocycles. The van der Waals surface area contributed by atoms with Crippen LogP contribution < -0.4 is 10.6 Å². The first kappa shape index (κ1) is 20.9. The lowest BCUT2D eigenvalue weighted by molar-refractivity contribution is -0.116. The Hall–Kier alpha value is -2.84. The first-order valence-electron chi connectivity index (χ1n) is 9.43. The maximum atomic E-state index is 13.6. The maximum Gasteiger partial charge on any atom is 0.254 e. The van der Waals surface area contributed by atoms with Crippen molar-refractivity contribution in [1.82, 2.24) is 10.2 Å². The topological polar surface area (TPSA) is 70.7 Å². The highest BCUT2D eigenvalue weighted by Crippen LogP contribution is 2.13. The summed E-state index contributed by atoms with van der Waals surface area (Å²) < 4.78 is 31.8.